The standard InChI is InChI=1S/C34H34O12/c1-41-16(13-22(35)45-5)15-34-28(32(39)25-18(33(34)40)10-8-12-20(25)43-3)26(21(44-4)14-23(36)46-6)27-29(34)31(38)24-17(30(27)37)9-7-11-19(24)42-2/h7-12,16,21,26,28H,13-15H2,1-6H3/t16-,21-,26?,28?,34?/m1/s1. The Bertz CT molecular complexity index is 1690. The van der Waals surface area contributed by atoms with Crippen LogP contribution in [0.5, 0.6) is 11.5 Å². The highest BCUT2D eigenvalue weighted by atomic mass is 16.5. The van der Waals surface area contributed by atoms with E-state index in [1.807, 2.05) is 0 Å². The average Bonchev–Trinajstić information content (AvgIpc) is 3.39. The molecule has 0 radical (unpaired) electrons. The summed E-state index contributed by atoms with van der Waals surface area (Å²) in [6.07, 6.45) is -3.28. The quantitative estimate of drug-likeness (QED) is 0.333. The van der Waals surface area contributed by atoms with Gasteiger partial charge in [-0.15, -0.1) is 0 Å². The second kappa shape index (κ2) is 12.6. The molecule has 2 aromatic carbocycles. The van der Waals surface area contributed by atoms with Crippen molar-refractivity contribution in [2.75, 3.05) is 42.7 Å². The second-order valence-corrected chi connectivity index (χ2v) is 11.3. The summed E-state index contributed by atoms with van der Waals surface area (Å²) in [6.45, 7) is 0. The lowest BCUT2D eigenvalue weighted by molar-refractivity contribution is -0.145. The maximum atomic E-state index is 15.1. The van der Waals surface area contributed by atoms with E-state index in [2.05, 4.69) is 0 Å². The van der Waals surface area contributed by atoms with Gasteiger partial charge in [0.15, 0.2) is 23.1 Å². The molecule has 0 spiro atoms. The van der Waals surface area contributed by atoms with Gasteiger partial charge < -0.3 is 28.4 Å². The Morgan fingerprint density at radius 3 is 1.89 bits per heavy atom. The molecule has 0 saturated heterocycles. The highest BCUT2D eigenvalue weighted by Gasteiger charge is 2.69. The van der Waals surface area contributed by atoms with Crippen LogP contribution in [0.15, 0.2) is 47.5 Å². The number of benzene rings is 2. The summed E-state index contributed by atoms with van der Waals surface area (Å²) in [5.41, 5.74) is -2.44. The minimum Gasteiger partial charge on any atom is -0.496 e. The van der Waals surface area contributed by atoms with Gasteiger partial charge in [-0.3, -0.25) is 28.8 Å². The Labute approximate surface area is 264 Å². The van der Waals surface area contributed by atoms with E-state index < -0.39 is 71.0 Å². The molecule has 0 saturated carbocycles. The number of carbonyl (C=O) groups excluding carboxylic acids is 6. The molecule has 3 aliphatic rings. The third-order valence-corrected chi connectivity index (χ3v) is 9.36. The van der Waals surface area contributed by atoms with Crippen molar-refractivity contribution in [3.63, 3.8) is 0 Å². The fourth-order valence-corrected chi connectivity index (χ4v) is 7.40. The van der Waals surface area contributed by atoms with E-state index in [0.717, 1.165) is 0 Å². The summed E-state index contributed by atoms with van der Waals surface area (Å²) in [6, 6.07) is 9.07. The fraction of sp³-hybridized carbons (Fsp3) is 0.412. The lowest BCUT2D eigenvalue weighted by Gasteiger charge is -2.43. The number of esters is 2. The zero-order valence-electron chi connectivity index (χ0n) is 26.3. The van der Waals surface area contributed by atoms with Crippen LogP contribution in [0.4, 0.5) is 0 Å². The summed E-state index contributed by atoms with van der Waals surface area (Å²) in [5, 5.41) is 0. The molecular formula is C34H34O12. The van der Waals surface area contributed by atoms with Crippen molar-refractivity contribution in [3.8, 4) is 11.5 Å². The van der Waals surface area contributed by atoms with E-state index in [9.17, 15) is 24.0 Å². The molecule has 0 bridgehead atoms. The first kappa shape index (κ1) is 32.7. The van der Waals surface area contributed by atoms with Gasteiger partial charge in [-0.05, 0) is 18.6 Å². The molecule has 5 atom stereocenters. The fourth-order valence-electron chi connectivity index (χ4n) is 7.40. The predicted octanol–water partition coefficient (Wildman–Crippen LogP) is 3.24. The Hall–Kier alpha value is -4.68. The Morgan fingerprint density at radius 1 is 0.739 bits per heavy atom. The minimum absolute atomic E-state index is 0.0164. The van der Waals surface area contributed by atoms with Crippen molar-refractivity contribution in [1.82, 2.24) is 0 Å². The van der Waals surface area contributed by atoms with Gasteiger partial charge in [0.05, 0.1) is 70.0 Å². The number of hydrogen-bond donors (Lipinski definition) is 0. The second-order valence-electron chi connectivity index (χ2n) is 11.3. The van der Waals surface area contributed by atoms with Crippen molar-refractivity contribution in [2.24, 2.45) is 17.3 Å². The maximum absolute atomic E-state index is 15.1. The van der Waals surface area contributed by atoms with Crippen molar-refractivity contribution in [2.45, 2.75) is 31.5 Å². The van der Waals surface area contributed by atoms with Crippen molar-refractivity contribution in [3.05, 3.63) is 69.8 Å². The molecule has 0 heterocycles. The SMILES string of the molecule is COC(=O)C[C@H](CC12C(=O)c3cccc(OC)c3C(=O)C1C([C@@H](CC(=O)OC)OC)C1=C2C(=O)c2c(OC)cccc2C1=O)OC. The molecular weight excluding hydrogens is 600 g/mol. The van der Waals surface area contributed by atoms with Crippen LogP contribution in [-0.2, 0) is 28.5 Å². The predicted molar refractivity (Wildman–Crippen MR) is 159 cm³/mol. The zero-order chi connectivity index (χ0) is 33.5. The number of fused-ring (bicyclic) bond motifs is 4. The molecule has 12 nitrogen and oxygen atoms in total. The molecule has 0 aromatic heterocycles. The molecule has 3 unspecified atom stereocenters. The summed E-state index contributed by atoms with van der Waals surface area (Å²) in [7, 11) is 7.71. The van der Waals surface area contributed by atoms with E-state index in [1.54, 1.807) is 12.1 Å². The highest BCUT2D eigenvalue weighted by Crippen LogP contribution is 2.63. The Kier molecular flexibility index (Phi) is 8.96. The normalized spacial score (nSPS) is 22.7. The number of rotatable bonds is 11. The Morgan fingerprint density at radius 2 is 1.33 bits per heavy atom. The van der Waals surface area contributed by atoms with Crippen molar-refractivity contribution >= 4 is 35.1 Å². The lowest BCUT2D eigenvalue weighted by atomic mass is 9.56. The number of allylic oxidation sites excluding steroid dienone is 1. The summed E-state index contributed by atoms with van der Waals surface area (Å²) >= 11 is 0. The number of ether oxygens (including phenoxy) is 6. The first-order valence-corrected chi connectivity index (χ1v) is 14.5. The van der Waals surface area contributed by atoms with E-state index >= 15 is 4.79 Å². The van der Waals surface area contributed by atoms with Gasteiger partial charge in [-0.25, -0.2) is 0 Å². The molecule has 242 valence electrons. The van der Waals surface area contributed by atoms with E-state index in [-0.39, 0.29) is 57.7 Å². The third kappa shape index (κ3) is 4.74. The number of methoxy groups -OCH3 is 6. The van der Waals surface area contributed by atoms with Crippen LogP contribution in [0, 0.1) is 17.3 Å². The first-order valence-electron chi connectivity index (χ1n) is 14.5. The molecule has 0 aliphatic heterocycles. The number of carbonyl (C=O) groups is 6. The zero-order valence-corrected chi connectivity index (χ0v) is 26.3. The molecule has 5 rings (SSSR count). The van der Waals surface area contributed by atoms with Gasteiger partial charge in [0.1, 0.15) is 11.5 Å². The number of Topliss-reactive ketones (excluding diaryl/α,β-unsaturated/α-hetero) is 4. The van der Waals surface area contributed by atoms with Crippen LogP contribution in [0.1, 0.15) is 60.7 Å². The van der Waals surface area contributed by atoms with Crippen LogP contribution < -0.4 is 9.47 Å². The van der Waals surface area contributed by atoms with Crippen LogP contribution in [0.2, 0.25) is 0 Å². The Balaban J connectivity index is 1.90. The maximum Gasteiger partial charge on any atom is 0.308 e. The average molecular weight is 635 g/mol. The number of ketones is 4. The highest BCUT2D eigenvalue weighted by molar-refractivity contribution is 6.34. The van der Waals surface area contributed by atoms with Crippen molar-refractivity contribution < 1.29 is 57.2 Å². The molecule has 2 aromatic rings. The van der Waals surface area contributed by atoms with Gasteiger partial charge in [-0.1, -0.05) is 24.3 Å². The smallest absolute Gasteiger partial charge is 0.308 e. The van der Waals surface area contributed by atoms with Crippen LogP contribution in [0.3, 0.4) is 0 Å². The summed E-state index contributed by atoms with van der Waals surface area (Å²) in [4.78, 5) is 84.5. The van der Waals surface area contributed by atoms with E-state index in [4.69, 9.17) is 28.4 Å². The summed E-state index contributed by atoms with van der Waals surface area (Å²) in [5.74, 6) is -6.37. The van der Waals surface area contributed by atoms with Gasteiger partial charge >= 0.3 is 11.9 Å². The number of hydrogen-bond acceptors (Lipinski definition) is 12. The first-order chi connectivity index (χ1) is 22.1. The topological polar surface area (TPSA) is 158 Å². The van der Waals surface area contributed by atoms with Gasteiger partial charge in [0.2, 0.25) is 0 Å². The van der Waals surface area contributed by atoms with Gasteiger partial charge in [0.25, 0.3) is 0 Å². The molecule has 46 heavy (non-hydrogen) atoms. The van der Waals surface area contributed by atoms with E-state index in [0.29, 0.717) is 0 Å². The molecule has 3 aliphatic carbocycles. The molecule has 0 N–H and O–H groups in total. The summed E-state index contributed by atoms with van der Waals surface area (Å²) < 4.78 is 32.2. The van der Waals surface area contributed by atoms with Crippen molar-refractivity contribution in [1.29, 1.82) is 0 Å². The largest absolute Gasteiger partial charge is 0.496 e. The minimum atomic E-state index is -2.02. The van der Waals surface area contributed by atoms with Crippen LogP contribution in [0.25, 0.3) is 0 Å². The van der Waals surface area contributed by atoms with Crippen LogP contribution >= 0.6 is 0 Å². The van der Waals surface area contributed by atoms with Gasteiger partial charge in [0, 0.05) is 48.3 Å². The lowest BCUT2D eigenvalue weighted by Crippen LogP contribution is -2.52. The molecule has 0 amide bonds. The molecule has 12 heteroatoms. The third-order valence-electron chi connectivity index (χ3n) is 9.36. The van der Waals surface area contributed by atoms with E-state index in [1.165, 1.54) is 66.9 Å². The monoisotopic (exact) mass is 634 g/mol. The van der Waals surface area contributed by atoms with Crippen LogP contribution in [-0.4, -0.2) is 89.9 Å². The van der Waals surface area contributed by atoms with Gasteiger partial charge in [-0.2, -0.15) is 0 Å². The molecule has 0 fully saturated rings.